The van der Waals surface area contributed by atoms with Crippen molar-refractivity contribution in [1.82, 2.24) is 9.38 Å². The molecule has 2 N–H and O–H groups in total. The molecule has 2 aromatic heterocycles. The fourth-order valence-corrected chi connectivity index (χ4v) is 2.82. The minimum Gasteiger partial charge on any atom is -0.366 e. The van der Waals surface area contributed by atoms with E-state index in [1.807, 2.05) is 11.6 Å². The van der Waals surface area contributed by atoms with Crippen LogP contribution < -0.4 is 5.73 Å². The first-order valence-electron chi connectivity index (χ1n) is 6.24. The number of non-ortho nitro benzene ring substituents is 1. The van der Waals surface area contributed by atoms with Crippen molar-refractivity contribution in [2.45, 2.75) is 0 Å². The Morgan fingerprint density at radius 2 is 2.27 bits per heavy atom. The number of aromatic nitrogens is 2. The van der Waals surface area contributed by atoms with Gasteiger partial charge in [0.15, 0.2) is 4.96 Å². The lowest BCUT2D eigenvalue weighted by molar-refractivity contribution is -0.384. The van der Waals surface area contributed by atoms with Gasteiger partial charge >= 0.3 is 0 Å². The number of carbonyl (C=O) groups excluding carboxylic acids is 1. The number of rotatable bonds is 4. The van der Waals surface area contributed by atoms with Gasteiger partial charge in [0.25, 0.3) is 5.69 Å². The fraction of sp³-hybridized carbons (Fsp3) is 0. The van der Waals surface area contributed by atoms with Gasteiger partial charge in [-0.15, -0.1) is 11.3 Å². The first-order chi connectivity index (χ1) is 10.6. The van der Waals surface area contributed by atoms with Crippen LogP contribution in [0, 0.1) is 10.1 Å². The summed E-state index contributed by atoms with van der Waals surface area (Å²) >= 11 is 1.43. The Hall–Kier alpha value is -3.00. The Morgan fingerprint density at radius 1 is 1.45 bits per heavy atom. The Bertz CT molecular complexity index is 910. The number of imidazole rings is 1. The first kappa shape index (κ1) is 14.0. The number of primary amides is 1. The van der Waals surface area contributed by atoms with Crippen LogP contribution in [0.1, 0.15) is 5.69 Å². The standard InChI is InChI=1S/C14H10N4O3S/c15-12(19)5-4-11-13(16-14-17(11)6-7-22-14)9-2-1-3-10(8-9)18(20)21/h1-8H,(H2,15,19)/b5-4-. The average molecular weight is 314 g/mol. The van der Waals surface area contributed by atoms with Gasteiger partial charge in [-0.25, -0.2) is 4.98 Å². The van der Waals surface area contributed by atoms with Crippen LogP contribution >= 0.6 is 11.3 Å². The molecule has 3 aromatic rings. The molecule has 1 aromatic carbocycles. The minimum absolute atomic E-state index is 0.0151. The highest BCUT2D eigenvalue weighted by atomic mass is 32.1. The monoisotopic (exact) mass is 314 g/mol. The maximum atomic E-state index is 11.0. The van der Waals surface area contributed by atoms with Crippen LogP contribution in [0.4, 0.5) is 5.69 Å². The van der Waals surface area contributed by atoms with Crippen molar-refractivity contribution in [2.24, 2.45) is 5.73 Å². The summed E-state index contributed by atoms with van der Waals surface area (Å²) in [6, 6.07) is 6.21. The lowest BCUT2D eigenvalue weighted by Crippen LogP contribution is -2.05. The maximum absolute atomic E-state index is 11.0. The highest BCUT2D eigenvalue weighted by Gasteiger charge is 2.15. The molecule has 0 saturated carbocycles. The van der Waals surface area contributed by atoms with E-state index in [0.717, 1.165) is 4.96 Å². The van der Waals surface area contributed by atoms with Crippen LogP contribution in [0.5, 0.6) is 0 Å². The van der Waals surface area contributed by atoms with Crippen LogP contribution in [-0.2, 0) is 4.79 Å². The summed E-state index contributed by atoms with van der Waals surface area (Å²) in [4.78, 5) is 26.6. The van der Waals surface area contributed by atoms with Gasteiger partial charge in [0.2, 0.25) is 5.91 Å². The third-order valence-electron chi connectivity index (χ3n) is 3.03. The van der Waals surface area contributed by atoms with Gasteiger partial charge in [0, 0.05) is 35.3 Å². The topological polar surface area (TPSA) is 104 Å². The zero-order chi connectivity index (χ0) is 15.7. The molecule has 0 spiro atoms. The third-order valence-corrected chi connectivity index (χ3v) is 3.79. The summed E-state index contributed by atoms with van der Waals surface area (Å²) in [5, 5.41) is 12.8. The van der Waals surface area contributed by atoms with E-state index >= 15 is 0 Å². The summed E-state index contributed by atoms with van der Waals surface area (Å²) in [7, 11) is 0. The second kappa shape index (κ2) is 5.41. The molecule has 0 bridgehead atoms. The number of hydrogen-bond donors (Lipinski definition) is 1. The predicted octanol–water partition coefficient (Wildman–Crippen LogP) is 2.47. The number of benzene rings is 1. The molecule has 0 fully saturated rings. The minimum atomic E-state index is -0.574. The van der Waals surface area contributed by atoms with E-state index in [4.69, 9.17) is 5.73 Å². The maximum Gasteiger partial charge on any atom is 0.270 e. The molecule has 0 atom stereocenters. The van der Waals surface area contributed by atoms with E-state index in [9.17, 15) is 14.9 Å². The molecule has 110 valence electrons. The van der Waals surface area contributed by atoms with Crippen molar-refractivity contribution < 1.29 is 9.72 Å². The van der Waals surface area contributed by atoms with Crippen LogP contribution in [0.25, 0.3) is 22.3 Å². The second-order valence-corrected chi connectivity index (χ2v) is 5.32. The molecule has 7 nitrogen and oxygen atoms in total. The van der Waals surface area contributed by atoms with Crippen molar-refractivity contribution in [3.63, 3.8) is 0 Å². The Morgan fingerprint density at radius 3 is 3.00 bits per heavy atom. The van der Waals surface area contributed by atoms with Gasteiger partial charge in [-0.2, -0.15) is 0 Å². The smallest absolute Gasteiger partial charge is 0.270 e. The molecule has 22 heavy (non-hydrogen) atoms. The predicted molar refractivity (Wildman–Crippen MR) is 83.4 cm³/mol. The molecule has 2 heterocycles. The number of hydrogen-bond acceptors (Lipinski definition) is 5. The SMILES string of the molecule is NC(=O)/C=C\c1c(-c2cccc([N+](=O)[O-])c2)nc2sccn12. The average Bonchev–Trinajstić information content (AvgIpc) is 3.06. The van der Waals surface area contributed by atoms with Gasteiger partial charge in [0.1, 0.15) is 0 Å². The molecule has 0 aliphatic heterocycles. The lowest BCUT2D eigenvalue weighted by Gasteiger charge is -2.00. The van der Waals surface area contributed by atoms with Crippen molar-refractivity contribution in [2.75, 3.05) is 0 Å². The summed E-state index contributed by atoms with van der Waals surface area (Å²) < 4.78 is 1.80. The number of nitro benzene ring substituents is 1. The number of amides is 1. The molecule has 0 unspecified atom stereocenters. The van der Waals surface area contributed by atoms with Gasteiger partial charge in [-0.3, -0.25) is 19.3 Å². The molecule has 8 heteroatoms. The molecule has 0 saturated heterocycles. The number of fused-ring (bicyclic) bond motifs is 1. The van der Waals surface area contributed by atoms with Crippen molar-refractivity contribution in [3.8, 4) is 11.3 Å². The zero-order valence-corrected chi connectivity index (χ0v) is 12.0. The van der Waals surface area contributed by atoms with Crippen molar-refractivity contribution in [3.05, 3.63) is 57.7 Å². The summed E-state index contributed by atoms with van der Waals surface area (Å²) in [5.41, 5.74) is 6.94. The molecular formula is C14H10N4O3S. The molecule has 1 amide bonds. The Balaban J connectivity index is 2.19. The molecule has 0 radical (unpaired) electrons. The zero-order valence-electron chi connectivity index (χ0n) is 11.2. The van der Waals surface area contributed by atoms with E-state index in [2.05, 4.69) is 4.98 Å². The van der Waals surface area contributed by atoms with E-state index in [1.54, 1.807) is 22.6 Å². The highest BCUT2D eigenvalue weighted by Crippen LogP contribution is 2.29. The Kier molecular flexibility index (Phi) is 3.43. The highest BCUT2D eigenvalue weighted by molar-refractivity contribution is 7.15. The van der Waals surface area contributed by atoms with E-state index in [-0.39, 0.29) is 5.69 Å². The first-order valence-corrected chi connectivity index (χ1v) is 7.12. The number of thiazole rings is 1. The van der Waals surface area contributed by atoms with Crippen LogP contribution in [0.3, 0.4) is 0 Å². The lowest BCUT2D eigenvalue weighted by atomic mass is 10.1. The molecule has 0 aliphatic rings. The third kappa shape index (κ3) is 2.47. The summed E-state index contributed by atoms with van der Waals surface area (Å²) in [6.45, 7) is 0. The second-order valence-electron chi connectivity index (χ2n) is 4.44. The summed E-state index contributed by atoms with van der Waals surface area (Å²) in [5.74, 6) is -0.574. The van der Waals surface area contributed by atoms with Crippen LogP contribution in [0.2, 0.25) is 0 Å². The number of nitro groups is 1. The largest absolute Gasteiger partial charge is 0.366 e. The van der Waals surface area contributed by atoms with Gasteiger partial charge < -0.3 is 5.73 Å². The van der Waals surface area contributed by atoms with E-state index in [0.29, 0.717) is 17.0 Å². The van der Waals surface area contributed by atoms with E-state index in [1.165, 1.54) is 29.5 Å². The number of carbonyl (C=O) groups is 1. The molecule has 3 rings (SSSR count). The number of nitrogens with two attached hydrogens (primary N) is 1. The van der Waals surface area contributed by atoms with Gasteiger partial charge in [-0.05, 0) is 6.08 Å². The van der Waals surface area contributed by atoms with Crippen LogP contribution in [-0.4, -0.2) is 20.2 Å². The normalized spacial score (nSPS) is 11.3. The van der Waals surface area contributed by atoms with Gasteiger partial charge in [-0.1, -0.05) is 12.1 Å². The van der Waals surface area contributed by atoms with E-state index < -0.39 is 10.8 Å². The quantitative estimate of drug-likeness (QED) is 0.454. The summed E-state index contributed by atoms with van der Waals surface area (Å²) in [6.07, 6.45) is 4.61. The van der Waals surface area contributed by atoms with Crippen molar-refractivity contribution in [1.29, 1.82) is 0 Å². The van der Waals surface area contributed by atoms with Crippen LogP contribution in [0.15, 0.2) is 41.9 Å². The van der Waals surface area contributed by atoms with Crippen molar-refractivity contribution >= 4 is 34.0 Å². The fourth-order valence-electron chi connectivity index (χ4n) is 2.10. The molecular weight excluding hydrogens is 304 g/mol. The number of nitrogens with zero attached hydrogens (tertiary/aromatic N) is 3. The Labute approximate surface area is 128 Å². The van der Waals surface area contributed by atoms with Gasteiger partial charge in [0.05, 0.1) is 16.3 Å². The molecule has 0 aliphatic carbocycles.